The summed E-state index contributed by atoms with van der Waals surface area (Å²) in [5.74, 6) is 0.0708. The fourth-order valence-electron chi connectivity index (χ4n) is 3.46. The minimum atomic E-state index is -0.200. The largest absolute Gasteiger partial charge is 0.326 e. The summed E-state index contributed by atoms with van der Waals surface area (Å²) in [6.07, 6.45) is 2.21. The molecule has 2 amide bonds. The molecule has 1 fully saturated rings. The minimum absolute atomic E-state index is 0.156. The van der Waals surface area contributed by atoms with Gasteiger partial charge in [-0.25, -0.2) is 4.98 Å². The van der Waals surface area contributed by atoms with E-state index in [9.17, 15) is 9.59 Å². The zero-order valence-corrected chi connectivity index (χ0v) is 16.5. The van der Waals surface area contributed by atoms with E-state index >= 15 is 0 Å². The Morgan fingerprint density at radius 3 is 2.57 bits per heavy atom. The summed E-state index contributed by atoms with van der Waals surface area (Å²) in [6, 6.07) is 7.35. The summed E-state index contributed by atoms with van der Waals surface area (Å²) < 4.78 is 1.73. The van der Waals surface area contributed by atoms with Crippen LogP contribution in [0.4, 0.5) is 11.4 Å². The summed E-state index contributed by atoms with van der Waals surface area (Å²) >= 11 is 0. The number of hydrogen-bond acceptors (Lipinski definition) is 4. The van der Waals surface area contributed by atoms with Crippen LogP contribution >= 0.6 is 0 Å². The Hall–Kier alpha value is -3.22. The van der Waals surface area contributed by atoms with E-state index in [0.717, 1.165) is 40.8 Å². The number of rotatable bonds is 4. The second-order valence-electron chi connectivity index (χ2n) is 7.44. The predicted octanol–water partition coefficient (Wildman–Crippen LogP) is 3.67. The van der Waals surface area contributed by atoms with Crippen molar-refractivity contribution in [2.24, 2.45) is 7.05 Å². The second-order valence-corrected chi connectivity index (χ2v) is 7.44. The molecule has 28 heavy (non-hydrogen) atoms. The molecule has 0 saturated heterocycles. The molecule has 2 heterocycles. The van der Waals surface area contributed by atoms with Gasteiger partial charge in [-0.15, -0.1) is 0 Å². The van der Waals surface area contributed by atoms with Crippen LogP contribution in [0.2, 0.25) is 0 Å². The highest BCUT2D eigenvalue weighted by molar-refractivity contribution is 6.13. The highest BCUT2D eigenvalue weighted by Gasteiger charge is 2.28. The van der Waals surface area contributed by atoms with Crippen LogP contribution in [0.3, 0.4) is 0 Å². The van der Waals surface area contributed by atoms with Gasteiger partial charge in [0, 0.05) is 37.0 Å². The summed E-state index contributed by atoms with van der Waals surface area (Å²) in [5.41, 5.74) is 5.27. The van der Waals surface area contributed by atoms with Crippen LogP contribution in [-0.2, 0) is 11.8 Å². The number of benzene rings is 1. The van der Waals surface area contributed by atoms with Gasteiger partial charge in [0.2, 0.25) is 5.91 Å². The number of pyridine rings is 1. The average Bonchev–Trinajstić information content (AvgIpc) is 3.44. The first-order chi connectivity index (χ1) is 13.3. The predicted molar refractivity (Wildman–Crippen MR) is 109 cm³/mol. The maximum atomic E-state index is 13.2. The van der Waals surface area contributed by atoms with E-state index in [4.69, 9.17) is 4.98 Å². The van der Waals surface area contributed by atoms with Crippen molar-refractivity contribution < 1.29 is 9.59 Å². The molecule has 2 N–H and O–H groups in total. The zero-order chi connectivity index (χ0) is 20.0. The number of fused-ring (bicyclic) bond motifs is 1. The first-order valence-corrected chi connectivity index (χ1v) is 9.37. The third-order valence-electron chi connectivity index (χ3n) is 5.03. The molecule has 1 aliphatic carbocycles. The summed E-state index contributed by atoms with van der Waals surface area (Å²) in [4.78, 5) is 29.3. The van der Waals surface area contributed by atoms with Crippen molar-refractivity contribution in [2.45, 2.75) is 39.5 Å². The number of hydrogen-bond donors (Lipinski definition) is 2. The van der Waals surface area contributed by atoms with Crippen molar-refractivity contribution in [2.75, 3.05) is 10.6 Å². The van der Waals surface area contributed by atoms with Gasteiger partial charge in [-0.05, 0) is 50.5 Å². The highest BCUT2D eigenvalue weighted by atomic mass is 16.2. The van der Waals surface area contributed by atoms with Crippen LogP contribution in [0.15, 0.2) is 24.3 Å². The van der Waals surface area contributed by atoms with E-state index in [-0.39, 0.29) is 11.8 Å². The molecule has 7 nitrogen and oxygen atoms in total. The maximum absolute atomic E-state index is 13.2. The molecule has 1 aromatic carbocycles. The minimum Gasteiger partial charge on any atom is -0.326 e. The lowest BCUT2D eigenvalue weighted by molar-refractivity contribution is -0.114. The molecule has 0 unspecified atom stereocenters. The molecule has 0 atom stereocenters. The van der Waals surface area contributed by atoms with Gasteiger partial charge in [-0.1, -0.05) is 6.07 Å². The molecule has 1 saturated carbocycles. The van der Waals surface area contributed by atoms with Crippen molar-refractivity contribution in [3.8, 4) is 0 Å². The van der Waals surface area contributed by atoms with Gasteiger partial charge in [-0.3, -0.25) is 14.3 Å². The molecule has 4 rings (SSSR count). The van der Waals surface area contributed by atoms with E-state index < -0.39 is 0 Å². The SMILES string of the molecule is CC(=O)Nc1ccc(C)c(NC(=O)c2cc(C3CC3)nc3c2c(C)nn3C)c1. The smallest absolute Gasteiger partial charge is 0.256 e. The van der Waals surface area contributed by atoms with Crippen molar-refractivity contribution in [1.82, 2.24) is 14.8 Å². The fourth-order valence-corrected chi connectivity index (χ4v) is 3.46. The monoisotopic (exact) mass is 377 g/mol. The van der Waals surface area contributed by atoms with Gasteiger partial charge in [0.15, 0.2) is 5.65 Å². The normalized spacial score (nSPS) is 13.6. The van der Waals surface area contributed by atoms with Crippen LogP contribution in [0.25, 0.3) is 11.0 Å². The van der Waals surface area contributed by atoms with Gasteiger partial charge < -0.3 is 10.6 Å². The van der Waals surface area contributed by atoms with Crippen molar-refractivity contribution in [1.29, 1.82) is 0 Å². The first kappa shape index (κ1) is 18.2. The second kappa shape index (κ2) is 6.74. The number of amides is 2. The number of nitrogens with one attached hydrogen (secondary N) is 2. The van der Waals surface area contributed by atoms with Crippen LogP contribution in [0, 0.1) is 13.8 Å². The van der Waals surface area contributed by atoms with Crippen molar-refractivity contribution in [3.63, 3.8) is 0 Å². The molecule has 144 valence electrons. The third-order valence-corrected chi connectivity index (χ3v) is 5.03. The fraction of sp³-hybridized carbons (Fsp3) is 0.333. The van der Waals surface area contributed by atoms with E-state index in [1.54, 1.807) is 10.7 Å². The van der Waals surface area contributed by atoms with Gasteiger partial charge in [0.25, 0.3) is 5.91 Å². The summed E-state index contributed by atoms with van der Waals surface area (Å²) in [5, 5.41) is 11.0. The molecule has 7 heteroatoms. The summed E-state index contributed by atoms with van der Waals surface area (Å²) in [6.45, 7) is 5.26. The Morgan fingerprint density at radius 1 is 1.14 bits per heavy atom. The number of anilines is 2. The molecule has 0 aliphatic heterocycles. The van der Waals surface area contributed by atoms with E-state index in [1.807, 2.05) is 39.1 Å². The quantitative estimate of drug-likeness (QED) is 0.726. The van der Waals surface area contributed by atoms with Crippen molar-refractivity contribution >= 4 is 34.2 Å². The number of nitrogens with zero attached hydrogens (tertiary/aromatic N) is 3. The number of carbonyl (C=O) groups is 2. The lowest BCUT2D eigenvalue weighted by atomic mass is 10.1. The third kappa shape index (κ3) is 3.35. The van der Waals surface area contributed by atoms with Gasteiger partial charge in [0.1, 0.15) is 0 Å². The molecule has 3 aromatic rings. The summed E-state index contributed by atoms with van der Waals surface area (Å²) in [7, 11) is 1.85. The number of aromatic nitrogens is 3. The Labute approximate surface area is 163 Å². The Balaban J connectivity index is 1.74. The lowest BCUT2D eigenvalue weighted by Gasteiger charge is -2.12. The van der Waals surface area contributed by atoms with Crippen molar-refractivity contribution in [3.05, 3.63) is 46.8 Å². The molecule has 0 spiro atoms. The Morgan fingerprint density at radius 2 is 1.89 bits per heavy atom. The van der Waals surface area contributed by atoms with E-state index in [0.29, 0.717) is 22.9 Å². The molecular weight excluding hydrogens is 354 g/mol. The molecule has 1 aliphatic rings. The van der Waals surface area contributed by atoms with Crippen LogP contribution in [0.5, 0.6) is 0 Å². The highest BCUT2D eigenvalue weighted by Crippen LogP contribution is 2.40. The number of aryl methyl sites for hydroxylation is 3. The van der Waals surface area contributed by atoms with Crippen LogP contribution in [0.1, 0.15) is 53.0 Å². The van der Waals surface area contributed by atoms with Gasteiger partial charge >= 0.3 is 0 Å². The van der Waals surface area contributed by atoms with Crippen LogP contribution < -0.4 is 10.6 Å². The lowest BCUT2D eigenvalue weighted by Crippen LogP contribution is -2.15. The van der Waals surface area contributed by atoms with Crippen LogP contribution in [-0.4, -0.2) is 26.6 Å². The molecular formula is C21H23N5O2. The standard InChI is InChI=1S/C21H23N5O2/c1-11-5-8-15(22-13(3)27)9-17(11)24-21(28)16-10-18(14-6-7-14)23-20-19(16)12(2)25-26(20)4/h5,8-10,14H,6-7H2,1-4H3,(H,22,27)(H,24,28). The molecule has 2 aromatic heterocycles. The van der Waals surface area contributed by atoms with E-state index in [2.05, 4.69) is 15.7 Å². The maximum Gasteiger partial charge on any atom is 0.256 e. The van der Waals surface area contributed by atoms with Gasteiger partial charge in [0.05, 0.1) is 16.6 Å². The van der Waals surface area contributed by atoms with Gasteiger partial charge in [-0.2, -0.15) is 5.10 Å². The number of carbonyl (C=O) groups excluding carboxylic acids is 2. The topological polar surface area (TPSA) is 88.9 Å². The van der Waals surface area contributed by atoms with E-state index in [1.165, 1.54) is 6.92 Å². The molecule has 0 radical (unpaired) electrons. The average molecular weight is 377 g/mol. The first-order valence-electron chi connectivity index (χ1n) is 9.37. The zero-order valence-electron chi connectivity index (χ0n) is 16.5. The Kier molecular flexibility index (Phi) is 4.37. The Bertz CT molecular complexity index is 1110. The molecule has 0 bridgehead atoms.